The molecule has 4 nitrogen and oxygen atoms in total. The first-order valence-electron chi connectivity index (χ1n) is 7.24. The highest BCUT2D eigenvalue weighted by Gasteiger charge is 2.19. The van der Waals surface area contributed by atoms with E-state index in [0.717, 1.165) is 16.7 Å². The Morgan fingerprint density at radius 3 is 2.32 bits per heavy atom. The number of benzene rings is 2. The van der Waals surface area contributed by atoms with Crippen LogP contribution in [0.1, 0.15) is 15.9 Å². The number of aryl methyl sites for hydroxylation is 1. The maximum atomic E-state index is 12.6. The van der Waals surface area contributed by atoms with Crippen molar-refractivity contribution in [3.8, 4) is 11.1 Å². The van der Waals surface area contributed by atoms with Crippen LogP contribution in [-0.4, -0.2) is 47.3 Å². The standard InChI is InChI=1S/C18H21NO3/c1-13-7-3-4-8-15(13)16-9-5-6-10-17(16)18(22)19(2)11-14(21)12-20/h3-10,14,20-21H,11-12H2,1-2H3/t14-/m0/s1. The molecule has 0 spiro atoms. The highest BCUT2D eigenvalue weighted by Crippen LogP contribution is 2.27. The number of aliphatic hydroxyl groups excluding tert-OH is 2. The van der Waals surface area contributed by atoms with E-state index >= 15 is 0 Å². The van der Waals surface area contributed by atoms with Gasteiger partial charge >= 0.3 is 0 Å². The summed E-state index contributed by atoms with van der Waals surface area (Å²) in [5.74, 6) is -0.175. The molecular formula is C18H21NO3. The molecule has 2 aromatic rings. The number of nitrogens with zero attached hydrogens (tertiary/aromatic N) is 1. The molecule has 1 atom stereocenters. The summed E-state index contributed by atoms with van der Waals surface area (Å²) in [6.07, 6.45) is -0.931. The van der Waals surface area contributed by atoms with E-state index in [0.29, 0.717) is 5.56 Å². The second-order valence-electron chi connectivity index (χ2n) is 5.38. The molecule has 0 fully saturated rings. The van der Waals surface area contributed by atoms with Crippen LogP contribution in [0.4, 0.5) is 0 Å². The van der Waals surface area contributed by atoms with Crippen LogP contribution in [0, 0.1) is 6.92 Å². The molecule has 0 aliphatic carbocycles. The van der Waals surface area contributed by atoms with Gasteiger partial charge in [0.2, 0.25) is 0 Å². The van der Waals surface area contributed by atoms with Crippen LogP contribution in [0.15, 0.2) is 48.5 Å². The number of carbonyl (C=O) groups excluding carboxylic acids is 1. The monoisotopic (exact) mass is 299 g/mol. The Kier molecular flexibility index (Phi) is 5.31. The van der Waals surface area contributed by atoms with E-state index in [1.807, 2.05) is 49.4 Å². The van der Waals surface area contributed by atoms with Gasteiger partial charge in [0.15, 0.2) is 0 Å². The number of hydrogen-bond acceptors (Lipinski definition) is 3. The van der Waals surface area contributed by atoms with E-state index < -0.39 is 6.10 Å². The first-order valence-corrected chi connectivity index (χ1v) is 7.24. The summed E-state index contributed by atoms with van der Waals surface area (Å²) in [5.41, 5.74) is 3.57. The zero-order valence-corrected chi connectivity index (χ0v) is 12.9. The van der Waals surface area contributed by atoms with Crippen LogP contribution in [0.3, 0.4) is 0 Å². The van der Waals surface area contributed by atoms with Crippen molar-refractivity contribution in [3.63, 3.8) is 0 Å². The van der Waals surface area contributed by atoms with Gasteiger partial charge in [-0.2, -0.15) is 0 Å². The molecule has 4 heteroatoms. The van der Waals surface area contributed by atoms with E-state index in [1.54, 1.807) is 13.1 Å². The van der Waals surface area contributed by atoms with Gasteiger partial charge in [-0.15, -0.1) is 0 Å². The van der Waals surface area contributed by atoms with Crippen molar-refractivity contribution in [2.45, 2.75) is 13.0 Å². The molecule has 0 radical (unpaired) electrons. The first-order chi connectivity index (χ1) is 10.5. The Bertz CT molecular complexity index is 654. The zero-order valence-electron chi connectivity index (χ0n) is 12.9. The van der Waals surface area contributed by atoms with E-state index in [-0.39, 0.29) is 19.1 Å². The summed E-state index contributed by atoms with van der Waals surface area (Å²) in [5, 5.41) is 18.4. The summed E-state index contributed by atoms with van der Waals surface area (Å²) >= 11 is 0. The van der Waals surface area contributed by atoms with Crippen molar-refractivity contribution in [3.05, 3.63) is 59.7 Å². The van der Waals surface area contributed by atoms with Gasteiger partial charge in [-0.1, -0.05) is 42.5 Å². The highest BCUT2D eigenvalue weighted by molar-refractivity contribution is 6.01. The number of amides is 1. The third-order valence-electron chi connectivity index (χ3n) is 3.63. The van der Waals surface area contributed by atoms with Gasteiger partial charge < -0.3 is 15.1 Å². The van der Waals surface area contributed by atoms with E-state index in [1.165, 1.54) is 4.90 Å². The SMILES string of the molecule is Cc1ccccc1-c1ccccc1C(=O)N(C)C[C@H](O)CO. The quantitative estimate of drug-likeness (QED) is 0.888. The van der Waals surface area contributed by atoms with Gasteiger partial charge in [0.1, 0.15) is 0 Å². The zero-order chi connectivity index (χ0) is 16.1. The third kappa shape index (κ3) is 3.53. The van der Waals surface area contributed by atoms with E-state index in [2.05, 4.69) is 0 Å². The van der Waals surface area contributed by atoms with Gasteiger partial charge in [-0.25, -0.2) is 0 Å². The lowest BCUT2D eigenvalue weighted by molar-refractivity contribution is 0.0520. The Labute approximate surface area is 130 Å². The molecule has 2 aromatic carbocycles. The minimum absolute atomic E-state index is 0.0947. The minimum atomic E-state index is -0.931. The van der Waals surface area contributed by atoms with Crippen LogP contribution in [0.2, 0.25) is 0 Å². The van der Waals surface area contributed by atoms with Crippen molar-refractivity contribution < 1.29 is 15.0 Å². The fraction of sp³-hybridized carbons (Fsp3) is 0.278. The topological polar surface area (TPSA) is 60.8 Å². The molecule has 0 unspecified atom stereocenters. The molecule has 2 N–H and O–H groups in total. The number of aliphatic hydroxyl groups is 2. The lowest BCUT2D eigenvalue weighted by atomic mass is 9.95. The maximum Gasteiger partial charge on any atom is 0.254 e. The second kappa shape index (κ2) is 7.20. The molecular weight excluding hydrogens is 278 g/mol. The molecule has 1 amide bonds. The molecule has 116 valence electrons. The van der Waals surface area contributed by atoms with Crippen LogP contribution in [0.5, 0.6) is 0 Å². The number of carbonyl (C=O) groups is 1. The molecule has 0 saturated heterocycles. The number of likely N-dealkylation sites (N-methyl/N-ethyl adjacent to an activating group) is 1. The number of rotatable bonds is 5. The van der Waals surface area contributed by atoms with Crippen LogP contribution >= 0.6 is 0 Å². The first kappa shape index (κ1) is 16.2. The Balaban J connectivity index is 2.37. The largest absolute Gasteiger partial charge is 0.394 e. The van der Waals surface area contributed by atoms with Gasteiger partial charge in [0.05, 0.1) is 12.7 Å². The van der Waals surface area contributed by atoms with Crippen molar-refractivity contribution >= 4 is 5.91 Å². The highest BCUT2D eigenvalue weighted by atomic mass is 16.3. The summed E-state index contributed by atoms with van der Waals surface area (Å²) < 4.78 is 0. The predicted octanol–water partition coefficient (Wildman–Crippen LogP) is 2.09. The van der Waals surface area contributed by atoms with E-state index in [9.17, 15) is 9.90 Å². The van der Waals surface area contributed by atoms with Gasteiger partial charge in [-0.3, -0.25) is 4.79 Å². The average molecular weight is 299 g/mol. The van der Waals surface area contributed by atoms with Crippen LogP contribution in [0.25, 0.3) is 11.1 Å². The molecule has 0 saturated carbocycles. The maximum absolute atomic E-state index is 12.6. The molecule has 2 rings (SSSR count). The molecule has 0 bridgehead atoms. The minimum Gasteiger partial charge on any atom is -0.394 e. The molecule has 0 aliphatic rings. The Morgan fingerprint density at radius 1 is 1.09 bits per heavy atom. The normalized spacial score (nSPS) is 12.0. The fourth-order valence-electron chi connectivity index (χ4n) is 2.44. The van der Waals surface area contributed by atoms with E-state index in [4.69, 9.17) is 5.11 Å². The molecule has 0 heterocycles. The summed E-state index contributed by atoms with van der Waals surface area (Å²) in [6.45, 7) is 1.74. The third-order valence-corrected chi connectivity index (χ3v) is 3.63. The Morgan fingerprint density at radius 2 is 1.68 bits per heavy atom. The summed E-state index contributed by atoms with van der Waals surface area (Å²) in [4.78, 5) is 14.1. The van der Waals surface area contributed by atoms with Crippen LogP contribution < -0.4 is 0 Å². The van der Waals surface area contributed by atoms with Crippen molar-refractivity contribution in [2.24, 2.45) is 0 Å². The predicted molar refractivity (Wildman–Crippen MR) is 86.7 cm³/mol. The average Bonchev–Trinajstić information content (AvgIpc) is 2.54. The summed E-state index contributed by atoms with van der Waals surface area (Å²) in [6, 6.07) is 15.3. The lowest BCUT2D eigenvalue weighted by Crippen LogP contribution is -2.36. The smallest absolute Gasteiger partial charge is 0.254 e. The molecule has 0 aromatic heterocycles. The van der Waals surface area contributed by atoms with Gasteiger partial charge in [-0.05, 0) is 29.7 Å². The van der Waals surface area contributed by atoms with Gasteiger partial charge in [0, 0.05) is 19.2 Å². The fourth-order valence-corrected chi connectivity index (χ4v) is 2.44. The van der Waals surface area contributed by atoms with Gasteiger partial charge in [0.25, 0.3) is 5.91 Å². The Hall–Kier alpha value is -2.17. The second-order valence-corrected chi connectivity index (χ2v) is 5.38. The molecule has 0 aliphatic heterocycles. The van der Waals surface area contributed by atoms with Crippen molar-refractivity contribution in [2.75, 3.05) is 20.2 Å². The number of hydrogen-bond donors (Lipinski definition) is 2. The summed E-state index contributed by atoms with van der Waals surface area (Å²) in [7, 11) is 1.62. The van der Waals surface area contributed by atoms with Crippen molar-refractivity contribution in [1.29, 1.82) is 0 Å². The lowest BCUT2D eigenvalue weighted by Gasteiger charge is -2.21. The van der Waals surface area contributed by atoms with Crippen LogP contribution in [-0.2, 0) is 0 Å². The van der Waals surface area contributed by atoms with Crippen molar-refractivity contribution in [1.82, 2.24) is 4.90 Å². The molecule has 22 heavy (non-hydrogen) atoms.